The van der Waals surface area contributed by atoms with Gasteiger partial charge in [0.15, 0.2) is 0 Å². The third-order valence-electron chi connectivity index (χ3n) is 3.45. The lowest BCUT2D eigenvalue weighted by atomic mass is 9.82. The Bertz CT molecular complexity index is 391. The zero-order valence-electron chi connectivity index (χ0n) is 10.5. The first-order valence-corrected chi connectivity index (χ1v) is 6.19. The van der Waals surface area contributed by atoms with Crippen molar-refractivity contribution in [3.8, 4) is 0 Å². The van der Waals surface area contributed by atoms with Crippen LogP contribution >= 0.6 is 0 Å². The van der Waals surface area contributed by atoms with Crippen LogP contribution in [0.2, 0.25) is 0 Å². The standard InChI is InChI=1S/C14H20N2O/c1-11-4-6-12(7-5-11)16-13(17)14(2)8-3-9-15-10-14/h4-7,15H,3,8-10H2,1-2H3,(H,16,17). The lowest BCUT2D eigenvalue weighted by Crippen LogP contribution is -2.46. The van der Waals surface area contributed by atoms with Gasteiger partial charge in [-0.3, -0.25) is 4.79 Å². The average molecular weight is 232 g/mol. The van der Waals surface area contributed by atoms with Crippen molar-refractivity contribution in [2.24, 2.45) is 5.41 Å². The number of piperidine rings is 1. The summed E-state index contributed by atoms with van der Waals surface area (Å²) in [6.45, 7) is 5.86. The van der Waals surface area contributed by atoms with E-state index in [-0.39, 0.29) is 11.3 Å². The van der Waals surface area contributed by atoms with Crippen LogP contribution in [0.25, 0.3) is 0 Å². The minimum atomic E-state index is -0.275. The number of amides is 1. The first kappa shape index (κ1) is 12.1. The quantitative estimate of drug-likeness (QED) is 0.821. The monoisotopic (exact) mass is 232 g/mol. The molecular weight excluding hydrogens is 212 g/mol. The summed E-state index contributed by atoms with van der Waals surface area (Å²) in [6.07, 6.45) is 2.02. The zero-order chi connectivity index (χ0) is 12.3. The highest BCUT2D eigenvalue weighted by atomic mass is 16.2. The smallest absolute Gasteiger partial charge is 0.231 e. The molecule has 3 heteroatoms. The average Bonchev–Trinajstić information content (AvgIpc) is 2.33. The van der Waals surface area contributed by atoms with Gasteiger partial charge in [-0.05, 0) is 45.4 Å². The van der Waals surface area contributed by atoms with Crippen molar-refractivity contribution in [3.63, 3.8) is 0 Å². The van der Waals surface area contributed by atoms with E-state index in [1.54, 1.807) is 0 Å². The summed E-state index contributed by atoms with van der Waals surface area (Å²) in [5, 5.41) is 6.29. The molecule has 92 valence electrons. The van der Waals surface area contributed by atoms with Gasteiger partial charge in [0.05, 0.1) is 5.41 Å². The normalized spacial score (nSPS) is 24.4. The lowest BCUT2D eigenvalue weighted by Gasteiger charge is -2.32. The lowest BCUT2D eigenvalue weighted by molar-refractivity contribution is -0.125. The molecule has 0 saturated carbocycles. The molecule has 1 atom stereocenters. The molecule has 0 aliphatic carbocycles. The number of hydrogen-bond donors (Lipinski definition) is 2. The summed E-state index contributed by atoms with van der Waals surface area (Å²) in [6, 6.07) is 7.92. The van der Waals surface area contributed by atoms with E-state index in [1.165, 1.54) is 5.56 Å². The minimum Gasteiger partial charge on any atom is -0.326 e. The zero-order valence-corrected chi connectivity index (χ0v) is 10.5. The van der Waals surface area contributed by atoms with Crippen LogP contribution in [0.1, 0.15) is 25.3 Å². The Kier molecular flexibility index (Phi) is 3.48. The second-order valence-corrected chi connectivity index (χ2v) is 5.16. The Morgan fingerprint density at radius 3 is 2.65 bits per heavy atom. The molecule has 1 saturated heterocycles. The topological polar surface area (TPSA) is 41.1 Å². The highest BCUT2D eigenvalue weighted by Crippen LogP contribution is 2.27. The number of hydrogen-bond acceptors (Lipinski definition) is 2. The van der Waals surface area contributed by atoms with Crippen LogP contribution in [-0.4, -0.2) is 19.0 Å². The number of benzene rings is 1. The molecule has 1 heterocycles. The summed E-state index contributed by atoms with van der Waals surface area (Å²) >= 11 is 0. The van der Waals surface area contributed by atoms with Crippen molar-refractivity contribution < 1.29 is 4.79 Å². The minimum absolute atomic E-state index is 0.119. The maximum Gasteiger partial charge on any atom is 0.231 e. The Morgan fingerprint density at radius 2 is 2.06 bits per heavy atom. The summed E-state index contributed by atoms with van der Waals surface area (Å²) in [4.78, 5) is 12.2. The van der Waals surface area contributed by atoms with Crippen molar-refractivity contribution in [3.05, 3.63) is 29.8 Å². The molecule has 17 heavy (non-hydrogen) atoms. The largest absolute Gasteiger partial charge is 0.326 e. The predicted octanol–water partition coefficient (Wildman–Crippen LogP) is 2.32. The first-order chi connectivity index (χ1) is 8.10. The predicted molar refractivity (Wildman–Crippen MR) is 70.0 cm³/mol. The maximum absolute atomic E-state index is 12.2. The van der Waals surface area contributed by atoms with Gasteiger partial charge in [-0.2, -0.15) is 0 Å². The number of carbonyl (C=O) groups excluding carboxylic acids is 1. The van der Waals surface area contributed by atoms with Gasteiger partial charge in [-0.25, -0.2) is 0 Å². The number of nitrogens with one attached hydrogen (secondary N) is 2. The van der Waals surface area contributed by atoms with E-state index in [0.29, 0.717) is 0 Å². The van der Waals surface area contributed by atoms with Crippen molar-refractivity contribution in [1.29, 1.82) is 0 Å². The van der Waals surface area contributed by atoms with E-state index in [0.717, 1.165) is 31.6 Å². The molecular formula is C14H20N2O. The van der Waals surface area contributed by atoms with Gasteiger partial charge in [0.25, 0.3) is 0 Å². The molecule has 0 bridgehead atoms. The molecule has 1 aromatic carbocycles. The van der Waals surface area contributed by atoms with E-state index in [9.17, 15) is 4.79 Å². The summed E-state index contributed by atoms with van der Waals surface area (Å²) in [5.74, 6) is 0.119. The fourth-order valence-corrected chi connectivity index (χ4v) is 2.17. The van der Waals surface area contributed by atoms with Gasteiger partial charge in [0.1, 0.15) is 0 Å². The van der Waals surface area contributed by atoms with Crippen LogP contribution in [0.3, 0.4) is 0 Å². The maximum atomic E-state index is 12.2. The number of rotatable bonds is 2. The molecule has 2 N–H and O–H groups in total. The SMILES string of the molecule is Cc1ccc(NC(=O)C2(C)CCCNC2)cc1. The highest BCUT2D eigenvalue weighted by molar-refractivity contribution is 5.95. The molecule has 2 rings (SSSR count). The van der Waals surface area contributed by atoms with E-state index in [1.807, 2.05) is 38.1 Å². The Hall–Kier alpha value is -1.35. The van der Waals surface area contributed by atoms with Crippen LogP contribution in [0.4, 0.5) is 5.69 Å². The van der Waals surface area contributed by atoms with Crippen LogP contribution < -0.4 is 10.6 Å². The van der Waals surface area contributed by atoms with Crippen LogP contribution in [0.15, 0.2) is 24.3 Å². The van der Waals surface area contributed by atoms with Gasteiger partial charge in [-0.1, -0.05) is 17.7 Å². The van der Waals surface area contributed by atoms with Gasteiger partial charge in [-0.15, -0.1) is 0 Å². The van der Waals surface area contributed by atoms with Crippen molar-refractivity contribution >= 4 is 11.6 Å². The summed E-state index contributed by atoms with van der Waals surface area (Å²) < 4.78 is 0. The van der Waals surface area contributed by atoms with Gasteiger partial charge in [0.2, 0.25) is 5.91 Å². The van der Waals surface area contributed by atoms with Crippen LogP contribution in [-0.2, 0) is 4.79 Å². The van der Waals surface area contributed by atoms with Gasteiger partial charge in [0, 0.05) is 12.2 Å². The molecule has 1 aliphatic rings. The Balaban J connectivity index is 2.03. The van der Waals surface area contributed by atoms with Crippen molar-refractivity contribution in [2.75, 3.05) is 18.4 Å². The molecule has 1 aliphatic heterocycles. The third kappa shape index (κ3) is 2.86. The molecule has 0 radical (unpaired) electrons. The number of anilines is 1. The second kappa shape index (κ2) is 4.88. The molecule has 1 fully saturated rings. The summed E-state index contributed by atoms with van der Waals surface area (Å²) in [7, 11) is 0. The Labute approximate surface area is 103 Å². The van der Waals surface area contributed by atoms with Crippen molar-refractivity contribution in [2.45, 2.75) is 26.7 Å². The summed E-state index contributed by atoms with van der Waals surface area (Å²) in [5.41, 5.74) is 1.81. The van der Waals surface area contributed by atoms with E-state index < -0.39 is 0 Å². The van der Waals surface area contributed by atoms with E-state index in [2.05, 4.69) is 10.6 Å². The Morgan fingerprint density at radius 1 is 1.35 bits per heavy atom. The second-order valence-electron chi connectivity index (χ2n) is 5.16. The first-order valence-electron chi connectivity index (χ1n) is 6.19. The molecule has 1 aromatic rings. The van der Waals surface area contributed by atoms with Gasteiger partial charge < -0.3 is 10.6 Å². The van der Waals surface area contributed by atoms with E-state index >= 15 is 0 Å². The molecule has 1 unspecified atom stereocenters. The fourth-order valence-electron chi connectivity index (χ4n) is 2.17. The molecule has 3 nitrogen and oxygen atoms in total. The van der Waals surface area contributed by atoms with E-state index in [4.69, 9.17) is 0 Å². The number of carbonyl (C=O) groups is 1. The fraction of sp³-hybridized carbons (Fsp3) is 0.500. The van der Waals surface area contributed by atoms with Crippen molar-refractivity contribution in [1.82, 2.24) is 5.32 Å². The van der Waals surface area contributed by atoms with Crippen LogP contribution in [0, 0.1) is 12.3 Å². The molecule has 0 aromatic heterocycles. The van der Waals surface area contributed by atoms with Gasteiger partial charge >= 0.3 is 0 Å². The highest BCUT2D eigenvalue weighted by Gasteiger charge is 2.34. The van der Waals surface area contributed by atoms with Crippen LogP contribution in [0.5, 0.6) is 0 Å². The molecule has 1 amide bonds. The number of aryl methyl sites for hydroxylation is 1. The third-order valence-corrected chi connectivity index (χ3v) is 3.45. The molecule has 0 spiro atoms.